The average molecular weight is 344 g/mol. The van der Waals surface area contributed by atoms with Gasteiger partial charge in [0.15, 0.2) is 0 Å². The topological polar surface area (TPSA) is 77.9 Å². The summed E-state index contributed by atoms with van der Waals surface area (Å²) in [5.41, 5.74) is 1.08. The van der Waals surface area contributed by atoms with Crippen LogP contribution in [0, 0.1) is 0 Å². The van der Waals surface area contributed by atoms with Crippen molar-refractivity contribution >= 4 is 17.7 Å². The Labute approximate surface area is 147 Å². The third kappa shape index (κ3) is 3.18. The van der Waals surface area contributed by atoms with Gasteiger partial charge in [-0.2, -0.15) is 0 Å². The molecular formula is C19H24N2O4. The Hall–Kier alpha value is -2.21. The van der Waals surface area contributed by atoms with E-state index in [1.807, 2.05) is 6.92 Å². The highest BCUT2D eigenvalue weighted by Gasteiger charge is 2.40. The van der Waals surface area contributed by atoms with Gasteiger partial charge < -0.3 is 10.0 Å². The molecule has 1 aliphatic heterocycles. The molecule has 3 rings (SSSR count). The summed E-state index contributed by atoms with van der Waals surface area (Å²) < 4.78 is 0. The molecule has 0 radical (unpaired) electrons. The number of carbonyl (C=O) groups is 3. The standard InChI is InChI=1S/C19H24N2O4/c1-2-20(10-11-22)17(23)13-8-9-15-16(12-13)19(25)21(18(15)24)14-6-4-3-5-7-14/h8-9,12,14,22H,2-7,10-11H2,1H3. The van der Waals surface area contributed by atoms with Crippen molar-refractivity contribution in [1.82, 2.24) is 9.80 Å². The Kier molecular flexibility index (Phi) is 5.18. The van der Waals surface area contributed by atoms with Crippen molar-refractivity contribution in [2.24, 2.45) is 0 Å². The zero-order valence-electron chi connectivity index (χ0n) is 14.5. The second-order valence-corrected chi connectivity index (χ2v) is 6.64. The normalized spacial score (nSPS) is 17.8. The number of hydrogen-bond donors (Lipinski definition) is 1. The van der Waals surface area contributed by atoms with E-state index in [0.717, 1.165) is 32.1 Å². The third-order valence-electron chi connectivity index (χ3n) is 5.14. The highest BCUT2D eigenvalue weighted by Crippen LogP contribution is 2.31. The molecule has 1 saturated carbocycles. The summed E-state index contributed by atoms with van der Waals surface area (Å²) in [5.74, 6) is -0.768. The molecule has 0 saturated heterocycles. The lowest BCUT2D eigenvalue weighted by Gasteiger charge is -2.29. The van der Waals surface area contributed by atoms with E-state index >= 15 is 0 Å². The fourth-order valence-electron chi connectivity index (χ4n) is 3.77. The van der Waals surface area contributed by atoms with Gasteiger partial charge in [0.2, 0.25) is 0 Å². The van der Waals surface area contributed by atoms with Gasteiger partial charge in [-0.05, 0) is 38.0 Å². The fourth-order valence-corrected chi connectivity index (χ4v) is 3.77. The monoisotopic (exact) mass is 344 g/mol. The van der Waals surface area contributed by atoms with Crippen molar-refractivity contribution in [3.8, 4) is 0 Å². The molecule has 25 heavy (non-hydrogen) atoms. The highest BCUT2D eigenvalue weighted by molar-refractivity contribution is 6.22. The molecule has 1 aromatic rings. The molecule has 1 N–H and O–H groups in total. The van der Waals surface area contributed by atoms with Crippen LogP contribution in [0.4, 0.5) is 0 Å². The van der Waals surface area contributed by atoms with Gasteiger partial charge in [0.25, 0.3) is 17.7 Å². The molecule has 1 heterocycles. The van der Waals surface area contributed by atoms with Crippen LogP contribution in [-0.2, 0) is 0 Å². The SMILES string of the molecule is CCN(CCO)C(=O)c1ccc2c(c1)C(=O)N(C1CCCCC1)C2=O. The van der Waals surface area contributed by atoms with E-state index in [1.54, 1.807) is 12.1 Å². The van der Waals surface area contributed by atoms with Crippen LogP contribution >= 0.6 is 0 Å². The van der Waals surface area contributed by atoms with E-state index < -0.39 is 0 Å². The quantitative estimate of drug-likeness (QED) is 0.830. The number of benzene rings is 1. The number of nitrogens with zero attached hydrogens (tertiary/aromatic N) is 2. The number of amides is 3. The van der Waals surface area contributed by atoms with Gasteiger partial charge in [-0.25, -0.2) is 0 Å². The van der Waals surface area contributed by atoms with Crippen LogP contribution in [0.25, 0.3) is 0 Å². The van der Waals surface area contributed by atoms with E-state index in [4.69, 9.17) is 5.11 Å². The van der Waals surface area contributed by atoms with Crippen LogP contribution in [0.2, 0.25) is 0 Å². The zero-order chi connectivity index (χ0) is 18.0. The van der Waals surface area contributed by atoms with E-state index in [2.05, 4.69) is 0 Å². The summed E-state index contributed by atoms with van der Waals surface area (Å²) in [6.45, 7) is 2.43. The van der Waals surface area contributed by atoms with Crippen LogP contribution in [0.15, 0.2) is 18.2 Å². The number of carbonyl (C=O) groups excluding carboxylic acids is 3. The second-order valence-electron chi connectivity index (χ2n) is 6.64. The molecule has 6 heteroatoms. The van der Waals surface area contributed by atoms with Gasteiger partial charge in [-0.3, -0.25) is 19.3 Å². The van der Waals surface area contributed by atoms with E-state index in [0.29, 0.717) is 23.2 Å². The molecular weight excluding hydrogens is 320 g/mol. The molecule has 2 aliphatic rings. The maximum absolute atomic E-state index is 12.8. The van der Waals surface area contributed by atoms with Crippen LogP contribution < -0.4 is 0 Å². The third-order valence-corrected chi connectivity index (χ3v) is 5.14. The predicted octanol–water partition coefficient (Wildman–Crippen LogP) is 2.07. The molecule has 3 amide bonds. The maximum Gasteiger partial charge on any atom is 0.261 e. The molecule has 1 aliphatic carbocycles. The average Bonchev–Trinajstić information content (AvgIpc) is 2.90. The predicted molar refractivity (Wildman–Crippen MR) is 92.5 cm³/mol. The lowest BCUT2D eigenvalue weighted by Crippen LogP contribution is -2.40. The molecule has 0 bridgehead atoms. The van der Waals surface area contributed by atoms with Gasteiger partial charge in [-0.15, -0.1) is 0 Å². The van der Waals surface area contributed by atoms with Crippen molar-refractivity contribution in [2.75, 3.05) is 19.7 Å². The number of rotatable bonds is 5. The second kappa shape index (κ2) is 7.35. The maximum atomic E-state index is 12.8. The Balaban J connectivity index is 1.87. The summed E-state index contributed by atoms with van der Waals surface area (Å²) >= 11 is 0. The molecule has 6 nitrogen and oxygen atoms in total. The molecule has 134 valence electrons. The Bertz CT molecular complexity index is 695. The van der Waals surface area contributed by atoms with Crippen LogP contribution in [0.3, 0.4) is 0 Å². The summed E-state index contributed by atoms with van der Waals surface area (Å²) in [6, 6.07) is 4.68. The van der Waals surface area contributed by atoms with Crippen molar-refractivity contribution in [3.05, 3.63) is 34.9 Å². The van der Waals surface area contributed by atoms with Gasteiger partial charge in [0, 0.05) is 24.7 Å². The Morgan fingerprint density at radius 2 is 1.84 bits per heavy atom. The van der Waals surface area contributed by atoms with Crippen LogP contribution in [-0.4, -0.2) is 58.4 Å². The van der Waals surface area contributed by atoms with E-state index in [9.17, 15) is 14.4 Å². The van der Waals surface area contributed by atoms with Gasteiger partial charge in [-0.1, -0.05) is 19.3 Å². The molecule has 0 aromatic heterocycles. The van der Waals surface area contributed by atoms with Crippen molar-refractivity contribution in [3.63, 3.8) is 0 Å². The van der Waals surface area contributed by atoms with Crippen molar-refractivity contribution < 1.29 is 19.5 Å². The van der Waals surface area contributed by atoms with Crippen molar-refractivity contribution in [1.29, 1.82) is 0 Å². The minimum absolute atomic E-state index is 0.0261. The summed E-state index contributed by atoms with van der Waals surface area (Å²) in [7, 11) is 0. The number of fused-ring (bicyclic) bond motifs is 1. The number of aliphatic hydroxyl groups is 1. The minimum Gasteiger partial charge on any atom is -0.395 e. The lowest BCUT2D eigenvalue weighted by molar-refractivity contribution is 0.0548. The molecule has 0 atom stereocenters. The minimum atomic E-state index is -0.285. The highest BCUT2D eigenvalue weighted by atomic mass is 16.3. The fraction of sp³-hybridized carbons (Fsp3) is 0.526. The molecule has 0 spiro atoms. The molecule has 0 unspecified atom stereocenters. The molecule has 1 aromatic carbocycles. The first-order chi connectivity index (χ1) is 12.1. The van der Waals surface area contributed by atoms with Gasteiger partial charge in [0.1, 0.15) is 0 Å². The smallest absolute Gasteiger partial charge is 0.261 e. The first kappa shape index (κ1) is 17.6. The number of aliphatic hydroxyl groups excluding tert-OH is 1. The first-order valence-electron chi connectivity index (χ1n) is 9.00. The van der Waals surface area contributed by atoms with E-state index in [-0.39, 0.29) is 36.9 Å². The van der Waals surface area contributed by atoms with Gasteiger partial charge >= 0.3 is 0 Å². The van der Waals surface area contributed by atoms with E-state index in [1.165, 1.54) is 15.9 Å². The summed E-state index contributed by atoms with van der Waals surface area (Å²) in [5, 5.41) is 9.07. The number of imide groups is 1. The van der Waals surface area contributed by atoms with Gasteiger partial charge in [0.05, 0.1) is 17.7 Å². The number of likely N-dealkylation sites (N-methyl/N-ethyl adjacent to an activating group) is 1. The zero-order valence-corrected chi connectivity index (χ0v) is 14.5. The molecule has 1 fully saturated rings. The summed E-state index contributed by atoms with van der Waals surface area (Å²) in [6.07, 6.45) is 4.94. The Morgan fingerprint density at radius 3 is 2.48 bits per heavy atom. The summed E-state index contributed by atoms with van der Waals surface area (Å²) in [4.78, 5) is 40.9. The van der Waals surface area contributed by atoms with Crippen LogP contribution in [0.5, 0.6) is 0 Å². The van der Waals surface area contributed by atoms with Crippen LogP contribution in [0.1, 0.15) is 70.1 Å². The lowest BCUT2D eigenvalue weighted by atomic mass is 9.94. The Morgan fingerprint density at radius 1 is 1.16 bits per heavy atom. The first-order valence-corrected chi connectivity index (χ1v) is 9.00. The number of hydrogen-bond acceptors (Lipinski definition) is 4. The largest absolute Gasteiger partial charge is 0.395 e. The van der Waals surface area contributed by atoms with Crippen molar-refractivity contribution in [2.45, 2.75) is 45.1 Å².